The summed E-state index contributed by atoms with van der Waals surface area (Å²) >= 11 is 0. The van der Waals surface area contributed by atoms with Crippen LogP contribution in [-0.4, -0.2) is 28.6 Å². The first-order valence-corrected chi connectivity index (χ1v) is 6.30. The zero-order valence-corrected chi connectivity index (χ0v) is 11.1. The second-order valence-electron chi connectivity index (χ2n) is 4.36. The molecule has 0 fully saturated rings. The smallest absolute Gasteiger partial charge is 0.341 e. The van der Waals surface area contributed by atoms with Crippen LogP contribution >= 0.6 is 0 Å². The number of aliphatic carboxylic acids is 1. The van der Waals surface area contributed by atoms with Gasteiger partial charge in [0.15, 0.2) is 12.4 Å². The number of hydrogen-bond donors (Lipinski definition) is 2. The zero-order valence-electron chi connectivity index (χ0n) is 11.1. The predicted octanol–water partition coefficient (Wildman–Crippen LogP) is 2.07. The second kappa shape index (κ2) is 6.67. The molecule has 2 aromatic carbocycles. The number of rotatable bonds is 6. The number of hydrogen-bond acceptors (Lipinski definition) is 4. The van der Waals surface area contributed by atoms with E-state index in [0.29, 0.717) is 5.56 Å². The fourth-order valence-electron chi connectivity index (χ4n) is 1.87. The van der Waals surface area contributed by atoms with Crippen LogP contribution in [0.2, 0.25) is 0 Å². The summed E-state index contributed by atoms with van der Waals surface area (Å²) in [6.45, 7) is -0.550. The Morgan fingerprint density at radius 3 is 2.29 bits per heavy atom. The molecular weight excluding hydrogens is 272 g/mol. The molecular formula is C16H14O5. The number of aliphatic hydroxyl groups is 1. The Morgan fingerprint density at radius 2 is 1.62 bits per heavy atom. The first-order chi connectivity index (χ1) is 10.1. The average molecular weight is 286 g/mol. The third kappa shape index (κ3) is 3.67. The average Bonchev–Trinajstić information content (AvgIpc) is 2.52. The first kappa shape index (κ1) is 14.7. The molecule has 5 nitrogen and oxygen atoms in total. The van der Waals surface area contributed by atoms with Crippen molar-refractivity contribution in [2.45, 2.75) is 6.10 Å². The summed E-state index contributed by atoms with van der Waals surface area (Å²) in [5, 5.41) is 18.8. The molecule has 2 aromatic rings. The first-order valence-electron chi connectivity index (χ1n) is 6.30. The summed E-state index contributed by atoms with van der Waals surface area (Å²) in [4.78, 5) is 22.9. The number of benzene rings is 2. The van der Waals surface area contributed by atoms with Gasteiger partial charge in [-0.2, -0.15) is 0 Å². The number of carboxylic acids is 1. The van der Waals surface area contributed by atoms with Gasteiger partial charge in [0.05, 0.1) is 5.56 Å². The van der Waals surface area contributed by atoms with Crippen molar-refractivity contribution in [2.24, 2.45) is 0 Å². The van der Waals surface area contributed by atoms with Crippen LogP contribution in [0.15, 0.2) is 54.6 Å². The van der Waals surface area contributed by atoms with E-state index >= 15 is 0 Å². The highest BCUT2D eigenvalue weighted by molar-refractivity contribution is 6.02. The molecule has 0 heterocycles. The minimum absolute atomic E-state index is 0.139. The van der Waals surface area contributed by atoms with Gasteiger partial charge < -0.3 is 14.9 Å². The lowest BCUT2D eigenvalue weighted by Crippen LogP contribution is -2.16. The standard InChI is InChI=1S/C16H14O5/c17-14(18)10-21-13-9-5-4-8-12(13)16(20)15(19)11-6-2-1-3-7-11/h1-9,15,19H,10H2,(H,17,18). The molecule has 0 aliphatic carbocycles. The number of carbonyl (C=O) groups is 2. The molecule has 0 spiro atoms. The van der Waals surface area contributed by atoms with Gasteiger partial charge in [-0.3, -0.25) is 4.79 Å². The van der Waals surface area contributed by atoms with E-state index in [1.54, 1.807) is 42.5 Å². The fraction of sp³-hybridized carbons (Fsp3) is 0.125. The molecule has 0 saturated carbocycles. The van der Waals surface area contributed by atoms with Gasteiger partial charge in [0.1, 0.15) is 11.9 Å². The van der Waals surface area contributed by atoms with Crippen LogP contribution in [0.4, 0.5) is 0 Å². The van der Waals surface area contributed by atoms with E-state index < -0.39 is 24.5 Å². The lowest BCUT2D eigenvalue weighted by atomic mass is 9.99. The lowest BCUT2D eigenvalue weighted by Gasteiger charge is -2.13. The van der Waals surface area contributed by atoms with Crippen LogP contribution < -0.4 is 4.74 Å². The van der Waals surface area contributed by atoms with Crippen molar-refractivity contribution in [2.75, 3.05) is 6.61 Å². The number of ketones is 1. The van der Waals surface area contributed by atoms with Crippen molar-refractivity contribution in [3.63, 3.8) is 0 Å². The second-order valence-corrected chi connectivity index (χ2v) is 4.36. The lowest BCUT2D eigenvalue weighted by molar-refractivity contribution is -0.139. The highest BCUT2D eigenvalue weighted by atomic mass is 16.5. The Labute approximate surface area is 121 Å². The molecule has 1 unspecified atom stereocenters. The van der Waals surface area contributed by atoms with Gasteiger partial charge in [0.25, 0.3) is 0 Å². The summed E-state index contributed by atoms with van der Waals surface area (Å²) < 4.78 is 5.07. The van der Waals surface area contributed by atoms with E-state index in [4.69, 9.17) is 9.84 Å². The van der Waals surface area contributed by atoms with Crippen molar-refractivity contribution in [1.82, 2.24) is 0 Å². The molecule has 0 radical (unpaired) electrons. The topological polar surface area (TPSA) is 83.8 Å². The van der Waals surface area contributed by atoms with Crippen molar-refractivity contribution < 1.29 is 24.5 Å². The molecule has 0 aromatic heterocycles. The largest absolute Gasteiger partial charge is 0.481 e. The maximum Gasteiger partial charge on any atom is 0.341 e. The van der Waals surface area contributed by atoms with Crippen molar-refractivity contribution in [1.29, 1.82) is 0 Å². The van der Waals surface area contributed by atoms with Gasteiger partial charge in [-0.15, -0.1) is 0 Å². The Kier molecular flexibility index (Phi) is 4.68. The molecule has 21 heavy (non-hydrogen) atoms. The molecule has 0 bridgehead atoms. The third-order valence-electron chi connectivity index (χ3n) is 2.87. The molecule has 5 heteroatoms. The van der Waals surface area contributed by atoms with Crippen LogP contribution in [-0.2, 0) is 4.79 Å². The monoisotopic (exact) mass is 286 g/mol. The van der Waals surface area contributed by atoms with Crippen LogP contribution in [0.5, 0.6) is 5.75 Å². The van der Waals surface area contributed by atoms with E-state index in [1.165, 1.54) is 12.1 Å². The number of para-hydroxylation sites is 1. The zero-order chi connectivity index (χ0) is 15.2. The molecule has 0 amide bonds. The van der Waals surface area contributed by atoms with Crippen LogP contribution in [0.25, 0.3) is 0 Å². The van der Waals surface area contributed by atoms with Gasteiger partial charge in [0, 0.05) is 0 Å². The van der Waals surface area contributed by atoms with Crippen LogP contribution in [0, 0.1) is 0 Å². The molecule has 0 saturated heterocycles. The molecule has 1 atom stereocenters. The van der Waals surface area contributed by atoms with Crippen molar-refractivity contribution in [3.05, 3.63) is 65.7 Å². The van der Waals surface area contributed by atoms with Crippen LogP contribution in [0.3, 0.4) is 0 Å². The van der Waals surface area contributed by atoms with Crippen molar-refractivity contribution >= 4 is 11.8 Å². The summed E-state index contributed by atoms with van der Waals surface area (Å²) in [6.07, 6.45) is -1.32. The summed E-state index contributed by atoms with van der Waals surface area (Å²) in [5.74, 6) is -1.54. The van der Waals surface area contributed by atoms with E-state index in [0.717, 1.165) is 0 Å². The summed E-state index contributed by atoms with van der Waals surface area (Å²) in [5.41, 5.74) is 0.616. The molecule has 108 valence electrons. The van der Waals surface area contributed by atoms with E-state index in [2.05, 4.69) is 0 Å². The minimum atomic E-state index is -1.32. The number of carbonyl (C=O) groups excluding carboxylic acids is 1. The molecule has 0 aliphatic heterocycles. The van der Waals surface area contributed by atoms with E-state index in [9.17, 15) is 14.7 Å². The number of carboxylic acid groups (broad SMARTS) is 1. The maximum absolute atomic E-state index is 12.3. The predicted molar refractivity (Wildman–Crippen MR) is 75.3 cm³/mol. The molecule has 2 rings (SSSR count). The Balaban J connectivity index is 2.25. The highest BCUT2D eigenvalue weighted by Gasteiger charge is 2.22. The number of Topliss-reactive ketones (excluding diaryl/α,β-unsaturated/α-hetero) is 1. The molecule has 2 N–H and O–H groups in total. The number of aliphatic hydroxyl groups excluding tert-OH is 1. The SMILES string of the molecule is O=C(O)COc1ccccc1C(=O)C(O)c1ccccc1. The Hall–Kier alpha value is -2.66. The van der Waals surface area contributed by atoms with E-state index in [-0.39, 0.29) is 11.3 Å². The quantitative estimate of drug-likeness (QED) is 0.794. The van der Waals surface area contributed by atoms with E-state index in [1.807, 2.05) is 0 Å². The van der Waals surface area contributed by atoms with Gasteiger partial charge >= 0.3 is 5.97 Å². The highest BCUT2D eigenvalue weighted by Crippen LogP contribution is 2.25. The molecule has 0 aliphatic rings. The van der Waals surface area contributed by atoms with Gasteiger partial charge in [-0.1, -0.05) is 42.5 Å². The number of ether oxygens (including phenoxy) is 1. The minimum Gasteiger partial charge on any atom is -0.481 e. The van der Waals surface area contributed by atoms with Gasteiger partial charge in [-0.05, 0) is 17.7 Å². The summed E-state index contributed by atoms with van der Waals surface area (Å²) in [7, 11) is 0. The Bertz CT molecular complexity index is 636. The van der Waals surface area contributed by atoms with Crippen molar-refractivity contribution in [3.8, 4) is 5.75 Å². The van der Waals surface area contributed by atoms with Crippen LogP contribution in [0.1, 0.15) is 22.0 Å². The van der Waals surface area contributed by atoms with Gasteiger partial charge in [-0.25, -0.2) is 4.79 Å². The third-order valence-corrected chi connectivity index (χ3v) is 2.87. The Morgan fingerprint density at radius 1 is 1.00 bits per heavy atom. The fourth-order valence-corrected chi connectivity index (χ4v) is 1.87. The normalized spacial score (nSPS) is 11.7. The van der Waals surface area contributed by atoms with Gasteiger partial charge in [0.2, 0.25) is 0 Å². The maximum atomic E-state index is 12.3. The summed E-state index contributed by atoms with van der Waals surface area (Å²) in [6, 6.07) is 14.7.